The number of hydrogen-bond donors (Lipinski definition) is 2. The zero-order chi connectivity index (χ0) is 20.2. The van der Waals surface area contributed by atoms with E-state index in [4.69, 9.17) is 5.73 Å². The summed E-state index contributed by atoms with van der Waals surface area (Å²) < 4.78 is 0. The third-order valence-corrected chi connectivity index (χ3v) is 5.39. The highest BCUT2D eigenvalue weighted by Crippen LogP contribution is 2.13. The first-order valence-corrected chi connectivity index (χ1v) is 12.1. The highest BCUT2D eigenvalue weighted by atomic mass is 16.2. The lowest BCUT2D eigenvalue weighted by atomic mass is 10.0. The Bertz CT molecular complexity index is 318. The molecule has 0 fully saturated rings. The van der Waals surface area contributed by atoms with Crippen LogP contribution in [-0.4, -0.2) is 18.5 Å². The van der Waals surface area contributed by atoms with Crippen molar-refractivity contribution in [1.82, 2.24) is 5.32 Å². The van der Waals surface area contributed by atoms with Crippen molar-refractivity contribution in [2.75, 3.05) is 6.54 Å². The van der Waals surface area contributed by atoms with Gasteiger partial charge in [-0.05, 0) is 18.8 Å². The van der Waals surface area contributed by atoms with Crippen LogP contribution < -0.4 is 11.1 Å². The molecule has 1 amide bonds. The minimum absolute atomic E-state index is 0.0182. The molecule has 0 saturated heterocycles. The second-order valence-corrected chi connectivity index (χ2v) is 8.83. The average molecular weight is 383 g/mol. The lowest BCUT2D eigenvalue weighted by molar-refractivity contribution is -0.122. The Morgan fingerprint density at radius 2 is 1.07 bits per heavy atom. The smallest absolute Gasteiger partial charge is 0.236 e. The summed E-state index contributed by atoms with van der Waals surface area (Å²) in [6.45, 7) is 7.26. The lowest BCUT2D eigenvalue weighted by Crippen LogP contribution is -2.41. The largest absolute Gasteiger partial charge is 0.355 e. The third-order valence-electron chi connectivity index (χ3n) is 5.39. The third kappa shape index (κ3) is 20.0. The van der Waals surface area contributed by atoms with Crippen LogP contribution in [0.2, 0.25) is 0 Å². The van der Waals surface area contributed by atoms with Gasteiger partial charge in [-0.1, -0.05) is 117 Å². The second-order valence-electron chi connectivity index (χ2n) is 8.83. The molecule has 162 valence electrons. The second kappa shape index (κ2) is 20.2. The van der Waals surface area contributed by atoms with E-state index in [0.717, 1.165) is 19.4 Å². The highest BCUT2D eigenvalue weighted by molar-refractivity contribution is 5.81. The molecule has 0 aliphatic heterocycles. The van der Waals surface area contributed by atoms with E-state index < -0.39 is 0 Å². The Morgan fingerprint density at radius 1 is 0.704 bits per heavy atom. The fourth-order valence-corrected chi connectivity index (χ4v) is 3.63. The molecule has 0 spiro atoms. The van der Waals surface area contributed by atoms with Crippen LogP contribution in [0.1, 0.15) is 130 Å². The summed E-state index contributed by atoms with van der Waals surface area (Å²) in [4.78, 5) is 11.8. The maximum Gasteiger partial charge on any atom is 0.236 e. The van der Waals surface area contributed by atoms with Crippen LogP contribution in [0.3, 0.4) is 0 Å². The highest BCUT2D eigenvalue weighted by Gasteiger charge is 2.13. The molecule has 3 N–H and O–H groups in total. The van der Waals surface area contributed by atoms with Crippen molar-refractivity contribution in [2.24, 2.45) is 11.7 Å². The Morgan fingerprint density at radius 3 is 1.44 bits per heavy atom. The topological polar surface area (TPSA) is 55.1 Å². The molecule has 0 aliphatic rings. The Kier molecular flexibility index (Phi) is 19.7. The standard InChI is InChI=1S/C24H50N2O/c1-4-5-6-7-8-9-10-11-12-13-14-15-16-17-18-19-20-26-24(27)23(25)21-22(2)3/h22-23H,4-21,25H2,1-3H3,(H,26,27). The normalized spacial score (nSPS) is 12.5. The molecule has 1 unspecified atom stereocenters. The van der Waals surface area contributed by atoms with Crippen molar-refractivity contribution >= 4 is 5.91 Å². The van der Waals surface area contributed by atoms with E-state index in [1.165, 1.54) is 96.3 Å². The summed E-state index contributed by atoms with van der Waals surface area (Å²) in [6.07, 6.45) is 22.8. The Hall–Kier alpha value is -0.570. The summed E-state index contributed by atoms with van der Waals surface area (Å²) >= 11 is 0. The van der Waals surface area contributed by atoms with E-state index >= 15 is 0 Å². The van der Waals surface area contributed by atoms with Gasteiger partial charge in [0.05, 0.1) is 6.04 Å². The SMILES string of the molecule is CCCCCCCCCCCCCCCCCCNC(=O)C(N)CC(C)C. The monoisotopic (exact) mass is 382 g/mol. The molecule has 0 aromatic rings. The predicted molar refractivity (Wildman–Crippen MR) is 120 cm³/mol. The minimum atomic E-state index is -0.342. The van der Waals surface area contributed by atoms with Gasteiger partial charge in [0.2, 0.25) is 5.91 Å². The summed E-state index contributed by atoms with van der Waals surface area (Å²) in [5.41, 5.74) is 5.88. The molecule has 3 nitrogen and oxygen atoms in total. The van der Waals surface area contributed by atoms with Gasteiger partial charge >= 0.3 is 0 Å². The van der Waals surface area contributed by atoms with Crippen LogP contribution in [0.15, 0.2) is 0 Å². The fraction of sp³-hybridized carbons (Fsp3) is 0.958. The molecule has 3 heteroatoms. The van der Waals surface area contributed by atoms with Gasteiger partial charge in [-0.3, -0.25) is 4.79 Å². The lowest BCUT2D eigenvalue weighted by Gasteiger charge is -2.14. The van der Waals surface area contributed by atoms with Gasteiger partial charge < -0.3 is 11.1 Å². The van der Waals surface area contributed by atoms with Crippen molar-refractivity contribution in [3.8, 4) is 0 Å². The molecule has 0 bridgehead atoms. The molecule has 27 heavy (non-hydrogen) atoms. The van der Waals surface area contributed by atoms with Crippen LogP contribution in [0.25, 0.3) is 0 Å². The van der Waals surface area contributed by atoms with Gasteiger partial charge in [-0.25, -0.2) is 0 Å². The number of nitrogens with two attached hydrogens (primary N) is 1. The number of rotatable bonds is 20. The van der Waals surface area contributed by atoms with Crippen LogP contribution in [0, 0.1) is 5.92 Å². The van der Waals surface area contributed by atoms with E-state index in [2.05, 4.69) is 26.1 Å². The molecule has 0 aromatic carbocycles. The number of hydrogen-bond acceptors (Lipinski definition) is 2. The molecule has 0 radical (unpaired) electrons. The average Bonchev–Trinajstić information content (AvgIpc) is 2.63. The van der Waals surface area contributed by atoms with Crippen molar-refractivity contribution in [1.29, 1.82) is 0 Å². The molecule has 1 atom stereocenters. The van der Waals surface area contributed by atoms with Crippen molar-refractivity contribution in [3.63, 3.8) is 0 Å². The van der Waals surface area contributed by atoms with Gasteiger partial charge in [-0.15, -0.1) is 0 Å². The maximum atomic E-state index is 11.8. The first-order chi connectivity index (χ1) is 13.1. The van der Waals surface area contributed by atoms with Crippen LogP contribution >= 0.6 is 0 Å². The zero-order valence-electron chi connectivity index (χ0n) is 18.9. The summed E-state index contributed by atoms with van der Waals surface area (Å²) in [5.74, 6) is 0.492. The van der Waals surface area contributed by atoms with Gasteiger partial charge in [0.15, 0.2) is 0 Å². The van der Waals surface area contributed by atoms with Gasteiger partial charge in [-0.2, -0.15) is 0 Å². The molecule has 0 aromatic heterocycles. The molecule has 0 heterocycles. The Labute approximate surface area is 170 Å². The molecule has 0 rings (SSSR count). The first kappa shape index (κ1) is 26.4. The molecule has 0 saturated carbocycles. The van der Waals surface area contributed by atoms with E-state index in [9.17, 15) is 4.79 Å². The number of carbonyl (C=O) groups excluding carboxylic acids is 1. The minimum Gasteiger partial charge on any atom is -0.355 e. The summed E-state index contributed by atoms with van der Waals surface area (Å²) in [5, 5.41) is 2.97. The van der Waals surface area contributed by atoms with E-state index in [1.807, 2.05) is 0 Å². The maximum absolute atomic E-state index is 11.8. The van der Waals surface area contributed by atoms with E-state index in [-0.39, 0.29) is 11.9 Å². The van der Waals surface area contributed by atoms with Crippen molar-refractivity contribution < 1.29 is 4.79 Å². The number of carbonyl (C=O) groups is 1. The van der Waals surface area contributed by atoms with Crippen LogP contribution in [-0.2, 0) is 4.79 Å². The van der Waals surface area contributed by atoms with Gasteiger partial charge in [0.1, 0.15) is 0 Å². The predicted octanol–water partition coefficient (Wildman–Crippen LogP) is 6.74. The molecular weight excluding hydrogens is 332 g/mol. The first-order valence-electron chi connectivity index (χ1n) is 12.1. The van der Waals surface area contributed by atoms with Crippen molar-refractivity contribution in [3.05, 3.63) is 0 Å². The molecule has 0 aliphatic carbocycles. The van der Waals surface area contributed by atoms with Gasteiger partial charge in [0.25, 0.3) is 0 Å². The Balaban J connectivity index is 3.18. The van der Waals surface area contributed by atoms with Crippen LogP contribution in [0.4, 0.5) is 0 Å². The molecular formula is C24H50N2O. The zero-order valence-corrected chi connectivity index (χ0v) is 18.9. The number of unbranched alkanes of at least 4 members (excludes halogenated alkanes) is 15. The number of amides is 1. The fourth-order valence-electron chi connectivity index (χ4n) is 3.63. The number of nitrogens with one attached hydrogen (secondary N) is 1. The quantitative estimate of drug-likeness (QED) is 0.229. The van der Waals surface area contributed by atoms with E-state index in [1.54, 1.807) is 0 Å². The van der Waals surface area contributed by atoms with Crippen LogP contribution in [0.5, 0.6) is 0 Å². The van der Waals surface area contributed by atoms with Gasteiger partial charge in [0, 0.05) is 6.54 Å². The van der Waals surface area contributed by atoms with E-state index in [0.29, 0.717) is 5.92 Å². The summed E-state index contributed by atoms with van der Waals surface area (Å²) in [7, 11) is 0. The van der Waals surface area contributed by atoms with Crippen molar-refractivity contribution in [2.45, 2.75) is 136 Å². The summed E-state index contributed by atoms with van der Waals surface area (Å²) in [6, 6.07) is -0.342.